The zero-order valence-corrected chi connectivity index (χ0v) is 8.58. The number of nitrogens with one attached hydrogen (secondary N) is 1. The molecule has 14 heavy (non-hydrogen) atoms. The van der Waals surface area contributed by atoms with Crippen molar-refractivity contribution in [1.82, 2.24) is 5.32 Å². The Bertz CT molecular complexity index is 313. The molecule has 0 spiro atoms. The zero-order chi connectivity index (χ0) is 10.6. The maximum absolute atomic E-state index is 10.4. The van der Waals surface area contributed by atoms with Crippen LogP contribution in [0.15, 0.2) is 11.4 Å². The van der Waals surface area contributed by atoms with E-state index in [-0.39, 0.29) is 17.6 Å². The Morgan fingerprint density at radius 3 is 3.00 bits per heavy atom. The number of thiophene rings is 1. The van der Waals surface area contributed by atoms with Crippen LogP contribution in [-0.4, -0.2) is 22.7 Å². The third kappa shape index (κ3) is 3.06. The molecule has 5 nitrogen and oxygen atoms in total. The second-order valence-electron chi connectivity index (χ2n) is 3.01. The van der Waals surface area contributed by atoms with Gasteiger partial charge in [-0.2, -0.15) is 0 Å². The molecule has 0 aliphatic rings. The van der Waals surface area contributed by atoms with Gasteiger partial charge in [-0.1, -0.05) is 11.3 Å². The van der Waals surface area contributed by atoms with Crippen molar-refractivity contribution in [1.29, 1.82) is 0 Å². The number of hydrogen-bond donors (Lipinski definition) is 2. The smallest absolute Gasteiger partial charge is 0.324 e. The summed E-state index contributed by atoms with van der Waals surface area (Å²) in [5.41, 5.74) is 0.877. The Balaban J connectivity index is 2.48. The van der Waals surface area contributed by atoms with Crippen molar-refractivity contribution < 1.29 is 10.0 Å². The molecule has 0 bridgehead atoms. The molecule has 0 aliphatic heterocycles. The minimum absolute atomic E-state index is 0.00829. The number of aliphatic hydroxyl groups is 1. The first-order chi connectivity index (χ1) is 6.63. The fraction of sp³-hybridized carbons (Fsp3) is 0.500. The first-order valence-electron chi connectivity index (χ1n) is 4.19. The van der Waals surface area contributed by atoms with Crippen LogP contribution in [0.1, 0.15) is 12.5 Å². The highest BCUT2D eigenvalue weighted by Crippen LogP contribution is 2.22. The summed E-state index contributed by atoms with van der Waals surface area (Å²) < 4.78 is 0. The highest BCUT2D eigenvalue weighted by Gasteiger charge is 2.09. The molecule has 1 aromatic rings. The maximum Gasteiger partial charge on any atom is 0.324 e. The van der Waals surface area contributed by atoms with Crippen molar-refractivity contribution in [2.75, 3.05) is 6.61 Å². The van der Waals surface area contributed by atoms with Crippen LogP contribution in [0.25, 0.3) is 0 Å². The van der Waals surface area contributed by atoms with E-state index in [0.717, 1.165) is 16.9 Å². The lowest BCUT2D eigenvalue weighted by molar-refractivity contribution is -0.380. The summed E-state index contributed by atoms with van der Waals surface area (Å²) in [4.78, 5) is 9.96. The predicted octanol–water partition coefficient (Wildman–Crippen LogP) is 1.13. The van der Waals surface area contributed by atoms with Crippen LogP contribution >= 0.6 is 11.3 Å². The van der Waals surface area contributed by atoms with Crippen LogP contribution in [0.4, 0.5) is 5.00 Å². The van der Waals surface area contributed by atoms with Crippen LogP contribution in [0.2, 0.25) is 0 Å². The van der Waals surface area contributed by atoms with Crippen LogP contribution < -0.4 is 5.32 Å². The normalized spacial score (nSPS) is 12.7. The Labute approximate surface area is 85.5 Å². The van der Waals surface area contributed by atoms with E-state index in [4.69, 9.17) is 5.11 Å². The summed E-state index contributed by atoms with van der Waals surface area (Å²) >= 11 is 1.12. The molecule has 0 saturated carbocycles. The second-order valence-corrected chi connectivity index (χ2v) is 3.90. The second kappa shape index (κ2) is 5.04. The van der Waals surface area contributed by atoms with E-state index in [1.807, 2.05) is 6.92 Å². The van der Waals surface area contributed by atoms with Crippen LogP contribution in [0, 0.1) is 10.1 Å². The van der Waals surface area contributed by atoms with Gasteiger partial charge in [-0.3, -0.25) is 10.1 Å². The summed E-state index contributed by atoms with van der Waals surface area (Å²) in [7, 11) is 0. The third-order valence-corrected chi connectivity index (χ3v) is 2.68. The Kier molecular flexibility index (Phi) is 3.99. The van der Waals surface area contributed by atoms with Crippen molar-refractivity contribution in [3.05, 3.63) is 27.1 Å². The summed E-state index contributed by atoms with van der Waals surface area (Å²) in [5.74, 6) is 0. The molecular weight excluding hydrogens is 204 g/mol. The maximum atomic E-state index is 10.4. The van der Waals surface area contributed by atoms with Crippen molar-refractivity contribution in [3.63, 3.8) is 0 Å². The third-order valence-electron chi connectivity index (χ3n) is 1.75. The lowest BCUT2D eigenvalue weighted by Crippen LogP contribution is -2.28. The van der Waals surface area contributed by atoms with Gasteiger partial charge in [0.2, 0.25) is 0 Å². The van der Waals surface area contributed by atoms with E-state index in [0.29, 0.717) is 6.54 Å². The van der Waals surface area contributed by atoms with Crippen molar-refractivity contribution in [2.24, 2.45) is 0 Å². The summed E-state index contributed by atoms with van der Waals surface area (Å²) in [5, 5.41) is 24.0. The molecule has 1 atom stereocenters. The van der Waals surface area contributed by atoms with Gasteiger partial charge in [-0.25, -0.2) is 0 Å². The van der Waals surface area contributed by atoms with E-state index in [9.17, 15) is 10.1 Å². The van der Waals surface area contributed by atoms with E-state index in [2.05, 4.69) is 5.32 Å². The van der Waals surface area contributed by atoms with Crippen LogP contribution in [0.3, 0.4) is 0 Å². The Morgan fingerprint density at radius 1 is 1.79 bits per heavy atom. The fourth-order valence-electron chi connectivity index (χ4n) is 0.908. The largest absolute Gasteiger partial charge is 0.395 e. The van der Waals surface area contributed by atoms with Gasteiger partial charge < -0.3 is 10.4 Å². The number of aliphatic hydroxyl groups excluding tert-OH is 1. The summed E-state index contributed by atoms with van der Waals surface area (Å²) in [6, 6.07) is 1.55. The summed E-state index contributed by atoms with van der Waals surface area (Å²) in [6.07, 6.45) is 0. The monoisotopic (exact) mass is 216 g/mol. The van der Waals surface area contributed by atoms with Gasteiger partial charge in [0.05, 0.1) is 11.5 Å². The molecule has 0 saturated heterocycles. The molecule has 1 heterocycles. The molecule has 78 valence electrons. The minimum atomic E-state index is -0.399. The fourth-order valence-corrected chi connectivity index (χ4v) is 1.64. The quantitative estimate of drug-likeness (QED) is 0.571. The Morgan fingerprint density at radius 2 is 2.50 bits per heavy atom. The van der Waals surface area contributed by atoms with Gasteiger partial charge in [0.15, 0.2) is 0 Å². The van der Waals surface area contributed by atoms with Crippen molar-refractivity contribution >= 4 is 16.3 Å². The highest BCUT2D eigenvalue weighted by atomic mass is 32.1. The van der Waals surface area contributed by atoms with Gasteiger partial charge >= 0.3 is 5.00 Å². The number of hydrogen-bond acceptors (Lipinski definition) is 5. The van der Waals surface area contributed by atoms with Gasteiger partial charge in [-0.05, 0) is 12.5 Å². The molecule has 1 unspecified atom stereocenters. The van der Waals surface area contributed by atoms with Gasteiger partial charge in [0.25, 0.3) is 0 Å². The molecule has 0 amide bonds. The molecule has 1 aromatic heterocycles. The number of nitrogens with zero attached hydrogens (tertiary/aromatic N) is 1. The molecule has 0 fully saturated rings. The standard InChI is InChI=1S/C8H12N2O3S/c1-6(4-11)9-3-7-2-8(10(12)13)14-5-7/h2,5-6,9,11H,3-4H2,1H3. The number of rotatable bonds is 5. The van der Waals surface area contributed by atoms with E-state index in [1.165, 1.54) is 0 Å². The van der Waals surface area contributed by atoms with Gasteiger partial charge in [-0.15, -0.1) is 0 Å². The molecular formula is C8H12N2O3S. The average Bonchev–Trinajstić information content (AvgIpc) is 2.62. The first-order valence-corrected chi connectivity index (χ1v) is 5.07. The summed E-state index contributed by atoms with van der Waals surface area (Å²) in [6.45, 7) is 2.46. The van der Waals surface area contributed by atoms with Crippen LogP contribution in [0.5, 0.6) is 0 Å². The van der Waals surface area contributed by atoms with Crippen molar-refractivity contribution in [2.45, 2.75) is 19.5 Å². The highest BCUT2D eigenvalue weighted by molar-refractivity contribution is 7.13. The van der Waals surface area contributed by atoms with E-state index in [1.54, 1.807) is 11.4 Å². The van der Waals surface area contributed by atoms with Crippen molar-refractivity contribution in [3.8, 4) is 0 Å². The Hall–Kier alpha value is -0.980. The predicted molar refractivity (Wildman–Crippen MR) is 54.4 cm³/mol. The topological polar surface area (TPSA) is 75.4 Å². The molecule has 0 aliphatic carbocycles. The molecule has 0 radical (unpaired) electrons. The minimum Gasteiger partial charge on any atom is -0.395 e. The SMILES string of the molecule is CC(CO)NCc1csc([N+](=O)[O-])c1. The van der Waals surface area contributed by atoms with Gasteiger partial charge in [0.1, 0.15) is 0 Å². The molecule has 6 heteroatoms. The van der Waals surface area contributed by atoms with Gasteiger partial charge in [0, 0.05) is 24.0 Å². The van der Waals surface area contributed by atoms with E-state index >= 15 is 0 Å². The first kappa shape index (κ1) is 11.1. The lowest BCUT2D eigenvalue weighted by atomic mass is 10.3. The van der Waals surface area contributed by atoms with E-state index < -0.39 is 4.92 Å². The molecule has 2 N–H and O–H groups in total. The number of nitro groups is 1. The lowest BCUT2D eigenvalue weighted by Gasteiger charge is -2.08. The average molecular weight is 216 g/mol. The molecule has 1 rings (SSSR count). The molecule has 0 aromatic carbocycles. The van der Waals surface area contributed by atoms with Crippen LogP contribution in [-0.2, 0) is 6.54 Å². The zero-order valence-electron chi connectivity index (χ0n) is 7.77.